The molecule has 0 spiro atoms. The van der Waals surface area contributed by atoms with Gasteiger partial charge in [-0.3, -0.25) is 0 Å². The molecule has 2 aromatic rings. The molecule has 0 bridgehead atoms. The third kappa shape index (κ3) is 3.56. The fraction of sp³-hybridized carbons (Fsp3) is 0.200. The van der Waals surface area contributed by atoms with Crippen LogP contribution in [0.25, 0.3) is 0 Å². The van der Waals surface area contributed by atoms with Crippen molar-refractivity contribution < 1.29 is 4.39 Å². The Balaban J connectivity index is 2.01. The third-order valence-electron chi connectivity index (χ3n) is 2.83. The molecule has 2 N–H and O–H groups in total. The van der Waals surface area contributed by atoms with E-state index in [2.05, 4.69) is 0 Å². The smallest absolute Gasteiger partial charge is 0.123 e. The molecule has 0 aliphatic rings. The predicted molar refractivity (Wildman–Crippen MR) is 73.2 cm³/mol. The van der Waals surface area contributed by atoms with Crippen LogP contribution in [0.5, 0.6) is 0 Å². The summed E-state index contributed by atoms with van der Waals surface area (Å²) in [5.74, 6) is -0.225. The fourth-order valence-electron chi connectivity index (χ4n) is 1.99. The van der Waals surface area contributed by atoms with Crippen LogP contribution in [0.4, 0.5) is 4.39 Å². The van der Waals surface area contributed by atoms with Gasteiger partial charge in [-0.2, -0.15) is 0 Å². The van der Waals surface area contributed by atoms with E-state index >= 15 is 0 Å². The summed E-state index contributed by atoms with van der Waals surface area (Å²) in [5.41, 5.74) is 8.02. The molecule has 0 aromatic heterocycles. The summed E-state index contributed by atoms with van der Waals surface area (Å²) in [6.45, 7) is 0. The largest absolute Gasteiger partial charge is 0.327 e. The summed E-state index contributed by atoms with van der Waals surface area (Å²) in [6.07, 6.45) is 1.33. The van der Waals surface area contributed by atoms with Crippen LogP contribution in [0, 0.1) is 5.82 Å². The zero-order valence-corrected chi connectivity index (χ0v) is 10.7. The third-order valence-corrected chi connectivity index (χ3v) is 3.20. The lowest BCUT2D eigenvalue weighted by molar-refractivity contribution is 0.618. The first kappa shape index (κ1) is 13.1. The summed E-state index contributed by atoms with van der Waals surface area (Å²) in [7, 11) is 0. The summed E-state index contributed by atoms with van der Waals surface area (Å²) >= 11 is 6.08. The molecule has 0 fully saturated rings. The van der Waals surface area contributed by atoms with Gasteiger partial charge >= 0.3 is 0 Å². The number of benzene rings is 2. The van der Waals surface area contributed by atoms with Crippen LogP contribution >= 0.6 is 11.6 Å². The Hall–Kier alpha value is -1.38. The molecular weight excluding hydrogens is 249 g/mol. The maximum atomic E-state index is 13.0. The molecule has 2 rings (SSSR count). The summed E-state index contributed by atoms with van der Waals surface area (Å²) < 4.78 is 13.0. The van der Waals surface area contributed by atoms with Crippen molar-refractivity contribution in [3.63, 3.8) is 0 Å². The van der Waals surface area contributed by atoms with Gasteiger partial charge in [0.2, 0.25) is 0 Å². The van der Waals surface area contributed by atoms with E-state index in [-0.39, 0.29) is 11.9 Å². The van der Waals surface area contributed by atoms with Crippen molar-refractivity contribution in [3.8, 4) is 0 Å². The first-order valence-corrected chi connectivity index (χ1v) is 6.26. The lowest BCUT2D eigenvalue weighted by Crippen LogP contribution is -2.25. The van der Waals surface area contributed by atoms with Gasteiger partial charge in [-0.25, -0.2) is 4.39 Å². The first-order valence-electron chi connectivity index (χ1n) is 5.88. The van der Waals surface area contributed by atoms with Crippen LogP contribution in [0.2, 0.25) is 5.02 Å². The topological polar surface area (TPSA) is 26.0 Å². The number of halogens is 2. The van der Waals surface area contributed by atoms with Crippen LogP contribution in [0.3, 0.4) is 0 Å². The van der Waals surface area contributed by atoms with Crippen molar-refractivity contribution in [1.82, 2.24) is 0 Å². The summed E-state index contributed by atoms with van der Waals surface area (Å²) in [5, 5.41) is 0.729. The highest BCUT2D eigenvalue weighted by atomic mass is 35.5. The Kier molecular flexibility index (Phi) is 4.34. The molecule has 0 saturated carbocycles. The van der Waals surface area contributed by atoms with Gasteiger partial charge in [0.05, 0.1) is 0 Å². The van der Waals surface area contributed by atoms with Crippen LogP contribution in [-0.2, 0) is 12.8 Å². The summed E-state index contributed by atoms with van der Waals surface area (Å²) in [4.78, 5) is 0. The van der Waals surface area contributed by atoms with Crippen LogP contribution in [0.15, 0.2) is 48.5 Å². The van der Waals surface area contributed by atoms with E-state index in [1.54, 1.807) is 6.07 Å². The van der Waals surface area contributed by atoms with Crippen molar-refractivity contribution in [1.29, 1.82) is 0 Å². The van der Waals surface area contributed by atoms with E-state index in [4.69, 9.17) is 17.3 Å². The molecule has 2 aromatic carbocycles. The molecule has 0 aliphatic heterocycles. The molecule has 1 nitrogen and oxygen atoms in total. The van der Waals surface area contributed by atoms with Crippen molar-refractivity contribution in [3.05, 3.63) is 70.5 Å². The van der Waals surface area contributed by atoms with Crippen molar-refractivity contribution in [2.45, 2.75) is 18.9 Å². The molecular formula is C15H15ClFN. The number of rotatable bonds is 4. The Morgan fingerprint density at radius 1 is 1.06 bits per heavy atom. The van der Waals surface area contributed by atoms with E-state index < -0.39 is 0 Å². The van der Waals surface area contributed by atoms with E-state index in [1.807, 2.05) is 30.3 Å². The first-order chi connectivity index (χ1) is 8.65. The number of hydrogen-bond donors (Lipinski definition) is 1. The van der Waals surface area contributed by atoms with E-state index in [9.17, 15) is 4.39 Å². The van der Waals surface area contributed by atoms with Gasteiger partial charge in [0, 0.05) is 11.1 Å². The second-order valence-corrected chi connectivity index (χ2v) is 4.80. The highest BCUT2D eigenvalue weighted by molar-refractivity contribution is 6.31. The van der Waals surface area contributed by atoms with Gasteiger partial charge in [-0.05, 0) is 42.2 Å². The molecule has 0 aliphatic carbocycles. The van der Waals surface area contributed by atoms with Crippen molar-refractivity contribution in [2.24, 2.45) is 5.73 Å². The standard InChI is InChI=1S/C15H15ClFN/c16-15-7-2-1-5-12(15)10-14(18)9-11-4-3-6-13(17)8-11/h1-8,14H,9-10,18H2. The van der Waals surface area contributed by atoms with E-state index in [0.717, 1.165) is 16.1 Å². The monoisotopic (exact) mass is 263 g/mol. The lowest BCUT2D eigenvalue weighted by atomic mass is 10.00. The van der Waals surface area contributed by atoms with Crippen molar-refractivity contribution >= 4 is 11.6 Å². The minimum Gasteiger partial charge on any atom is -0.327 e. The fourth-order valence-corrected chi connectivity index (χ4v) is 2.20. The van der Waals surface area contributed by atoms with Crippen LogP contribution < -0.4 is 5.73 Å². The highest BCUT2D eigenvalue weighted by Crippen LogP contribution is 2.17. The van der Waals surface area contributed by atoms with E-state index in [1.165, 1.54) is 12.1 Å². The minimum atomic E-state index is -0.225. The molecule has 0 saturated heterocycles. The molecule has 0 heterocycles. The summed E-state index contributed by atoms with van der Waals surface area (Å²) in [6, 6.07) is 14.1. The second-order valence-electron chi connectivity index (χ2n) is 4.39. The van der Waals surface area contributed by atoms with Crippen LogP contribution in [0.1, 0.15) is 11.1 Å². The Morgan fingerprint density at radius 2 is 1.83 bits per heavy atom. The molecule has 94 valence electrons. The number of nitrogens with two attached hydrogens (primary N) is 1. The average Bonchev–Trinajstić information content (AvgIpc) is 2.32. The maximum Gasteiger partial charge on any atom is 0.123 e. The van der Waals surface area contributed by atoms with Crippen molar-refractivity contribution in [2.75, 3.05) is 0 Å². The molecule has 18 heavy (non-hydrogen) atoms. The minimum absolute atomic E-state index is 0.0632. The van der Waals surface area contributed by atoms with Gasteiger partial charge in [-0.1, -0.05) is 41.9 Å². The molecule has 1 atom stereocenters. The Labute approximate surface area is 111 Å². The molecule has 3 heteroatoms. The van der Waals surface area contributed by atoms with Gasteiger partial charge in [0.25, 0.3) is 0 Å². The Bertz CT molecular complexity index is 527. The van der Waals surface area contributed by atoms with Gasteiger partial charge < -0.3 is 5.73 Å². The normalized spacial score (nSPS) is 12.4. The van der Waals surface area contributed by atoms with E-state index in [0.29, 0.717) is 12.8 Å². The molecule has 0 radical (unpaired) electrons. The number of hydrogen-bond acceptors (Lipinski definition) is 1. The SMILES string of the molecule is NC(Cc1cccc(F)c1)Cc1ccccc1Cl. The maximum absolute atomic E-state index is 13.0. The Morgan fingerprint density at radius 3 is 2.56 bits per heavy atom. The zero-order valence-electron chi connectivity index (χ0n) is 9.94. The molecule has 1 unspecified atom stereocenters. The lowest BCUT2D eigenvalue weighted by Gasteiger charge is -2.12. The van der Waals surface area contributed by atoms with Gasteiger partial charge in [-0.15, -0.1) is 0 Å². The van der Waals surface area contributed by atoms with Gasteiger partial charge in [0.15, 0.2) is 0 Å². The second kappa shape index (κ2) is 5.98. The molecule has 0 amide bonds. The predicted octanol–water partition coefficient (Wildman–Crippen LogP) is 3.59. The highest BCUT2D eigenvalue weighted by Gasteiger charge is 2.08. The zero-order chi connectivity index (χ0) is 13.0. The van der Waals surface area contributed by atoms with Gasteiger partial charge in [0.1, 0.15) is 5.82 Å². The average molecular weight is 264 g/mol. The quantitative estimate of drug-likeness (QED) is 0.896. The van der Waals surface area contributed by atoms with Crippen LogP contribution in [-0.4, -0.2) is 6.04 Å².